The van der Waals surface area contributed by atoms with Gasteiger partial charge in [-0.1, -0.05) is 0 Å². The van der Waals surface area contributed by atoms with Crippen LogP contribution in [-0.2, 0) is 4.74 Å². The molecule has 1 aromatic rings. The van der Waals surface area contributed by atoms with Crippen molar-refractivity contribution in [2.45, 2.75) is 38.8 Å². The minimum Gasteiger partial charge on any atom is -0.444 e. The summed E-state index contributed by atoms with van der Waals surface area (Å²) in [7, 11) is 0. The zero-order valence-electron chi connectivity index (χ0n) is 12.1. The summed E-state index contributed by atoms with van der Waals surface area (Å²) < 4.78 is 5.35. The third-order valence-electron chi connectivity index (χ3n) is 2.87. The Hall–Kier alpha value is -2.05. The highest BCUT2D eigenvalue weighted by Gasteiger charge is 2.29. The van der Waals surface area contributed by atoms with Gasteiger partial charge in [0.25, 0.3) is 0 Å². The second-order valence-electron chi connectivity index (χ2n) is 5.86. The molecule has 1 aliphatic rings. The lowest BCUT2D eigenvalue weighted by Gasteiger charge is -2.24. The Morgan fingerprint density at radius 3 is 2.95 bits per heavy atom. The van der Waals surface area contributed by atoms with Crippen LogP contribution in [0.5, 0.6) is 0 Å². The van der Waals surface area contributed by atoms with Gasteiger partial charge < -0.3 is 20.7 Å². The smallest absolute Gasteiger partial charge is 0.410 e. The zero-order valence-corrected chi connectivity index (χ0v) is 12.1. The Kier molecular flexibility index (Phi) is 3.96. The summed E-state index contributed by atoms with van der Waals surface area (Å²) in [5.41, 5.74) is 5.06. The fourth-order valence-corrected chi connectivity index (χ4v) is 2.03. The minimum atomic E-state index is -0.469. The molecule has 3 N–H and O–H groups in total. The maximum atomic E-state index is 11.9. The largest absolute Gasteiger partial charge is 0.444 e. The highest BCUT2D eigenvalue weighted by Crippen LogP contribution is 2.17. The summed E-state index contributed by atoms with van der Waals surface area (Å²) in [6, 6.07) is 1.91. The molecule has 1 unspecified atom stereocenters. The van der Waals surface area contributed by atoms with Crippen LogP contribution in [0.25, 0.3) is 0 Å². The van der Waals surface area contributed by atoms with Crippen molar-refractivity contribution >= 4 is 17.9 Å². The first-order valence-corrected chi connectivity index (χ1v) is 6.66. The van der Waals surface area contributed by atoms with E-state index in [-0.39, 0.29) is 18.1 Å². The van der Waals surface area contributed by atoms with Crippen molar-refractivity contribution in [1.29, 1.82) is 0 Å². The van der Waals surface area contributed by atoms with E-state index in [0.717, 1.165) is 6.42 Å². The number of ether oxygens (including phenoxy) is 1. The average Bonchev–Trinajstić information content (AvgIpc) is 2.75. The summed E-state index contributed by atoms with van der Waals surface area (Å²) in [6.45, 7) is 6.85. The van der Waals surface area contributed by atoms with Gasteiger partial charge in [-0.25, -0.2) is 9.78 Å². The normalized spacial score (nSPS) is 18.9. The lowest BCUT2D eigenvalue weighted by Crippen LogP contribution is -2.36. The number of carbonyl (C=O) groups is 1. The quantitative estimate of drug-likeness (QED) is 0.851. The molecule has 1 aromatic heterocycles. The minimum absolute atomic E-state index is 0.150. The third kappa shape index (κ3) is 3.97. The third-order valence-corrected chi connectivity index (χ3v) is 2.87. The average molecular weight is 279 g/mol. The molecular weight excluding hydrogens is 258 g/mol. The van der Waals surface area contributed by atoms with Crippen molar-refractivity contribution in [3.63, 3.8) is 0 Å². The number of amides is 1. The van der Waals surface area contributed by atoms with Crippen LogP contribution in [0.1, 0.15) is 27.2 Å². The molecular formula is C13H21N5O2. The molecule has 7 heteroatoms. The van der Waals surface area contributed by atoms with Gasteiger partial charge in [-0.05, 0) is 33.3 Å². The Balaban J connectivity index is 1.88. The topological polar surface area (TPSA) is 93.4 Å². The van der Waals surface area contributed by atoms with Gasteiger partial charge in [0.05, 0.1) is 0 Å². The molecule has 110 valence electrons. The molecule has 0 spiro atoms. The van der Waals surface area contributed by atoms with E-state index in [1.807, 2.05) is 20.8 Å². The monoisotopic (exact) mass is 279 g/mol. The van der Waals surface area contributed by atoms with E-state index < -0.39 is 5.60 Å². The summed E-state index contributed by atoms with van der Waals surface area (Å²) in [6.07, 6.45) is 2.18. The van der Waals surface area contributed by atoms with Crippen molar-refractivity contribution in [1.82, 2.24) is 14.9 Å². The fourth-order valence-electron chi connectivity index (χ4n) is 2.03. The Morgan fingerprint density at radius 2 is 2.30 bits per heavy atom. The number of carbonyl (C=O) groups excluding carboxylic acids is 1. The van der Waals surface area contributed by atoms with E-state index in [0.29, 0.717) is 18.9 Å². The number of nitrogens with zero attached hydrogens (tertiary/aromatic N) is 3. The Morgan fingerprint density at radius 1 is 1.55 bits per heavy atom. The number of nitrogen functional groups attached to an aromatic ring is 1. The van der Waals surface area contributed by atoms with Crippen LogP contribution in [-0.4, -0.2) is 45.7 Å². The van der Waals surface area contributed by atoms with Crippen LogP contribution >= 0.6 is 0 Å². The number of nitrogens with one attached hydrogen (secondary N) is 1. The molecule has 7 nitrogen and oxygen atoms in total. The van der Waals surface area contributed by atoms with Gasteiger partial charge in [-0.2, -0.15) is 4.98 Å². The van der Waals surface area contributed by atoms with Crippen LogP contribution in [0.2, 0.25) is 0 Å². The zero-order chi connectivity index (χ0) is 14.8. The van der Waals surface area contributed by atoms with E-state index >= 15 is 0 Å². The number of nitrogens with two attached hydrogens (primary N) is 1. The summed E-state index contributed by atoms with van der Waals surface area (Å²) in [4.78, 5) is 21.6. The van der Waals surface area contributed by atoms with E-state index in [1.54, 1.807) is 17.2 Å². The molecule has 0 bridgehead atoms. The molecule has 2 rings (SSSR count). The first-order valence-electron chi connectivity index (χ1n) is 6.66. The van der Waals surface area contributed by atoms with E-state index in [1.165, 1.54) is 0 Å². The van der Waals surface area contributed by atoms with Crippen LogP contribution < -0.4 is 11.1 Å². The standard InChI is InChI=1S/C13H21N5O2/c1-13(2,3)20-12(19)18-7-5-9(8-18)16-10-4-6-15-11(14)17-10/h4,6,9H,5,7-8H2,1-3H3,(H3,14,15,16,17). The number of aromatic nitrogens is 2. The first kappa shape index (κ1) is 14.4. The molecule has 1 atom stereocenters. The SMILES string of the molecule is CC(C)(C)OC(=O)N1CCC(Nc2ccnc(N)n2)C1. The highest BCUT2D eigenvalue weighted by molar-refractivity contribution is 5.68. The molecule has 0 saturated carbocycles. The lowest BCUT2D eigenvalue weighted by molar-refractivity contribution is 0.0293. The van der Waals surface area contributed by atoms with Crippen LogP contribution in [0.4, 0.5) is 16.6 Å². The first-order chi connectivity index (χ1) is 9.33. The van der Waals surface area contributed by atoms with Crippen LogP contribution in [0, 0.1) is 0 Å². The summed E-state index contributed by atoms with van der Waals surface area (Å²) in [5.74, 6) is 0.908. The number of likely N-dealkylation sites (tertiary alicyclic amines) is 1. The molecule has 0 aromatic carbocycles. The fraction of sp³-hybridized carbons (Fsp3) is 0.615. The van der Waals surface area contributed by atoms with Gasteiger partial charge >= 0.3 is 6.09 Å². The Labute approximate surface area is 118 Å². The van der Waals surface area contributed by atoms with Crippen molar-refractivity contribution in [3.8, 4) is 0 Å². The number of rotatable bonds is 2. The highest BCUT2D eigenvalue weighted by atomic mass is 16.6. The molecule has 1 aliphatic heterocycles. The maximum absolute atomic E-state index is 11.9. The molecule has 1 saturated heterocycles. The number of hydrogen-bond donors (Lipinski definition) is 2. The van der Waals surface area contributed by atoms with E-state index in [9.17, 15) is 4.79 Å². The summed E-state index contributed by atoms with van der Waals surface area (Å²) in [5, 5.41) is 3.25. The molecule has 0 aliphatic carbocycles. The van der Waals surface area contributed by atoms with Gasteiger partial charge in [0.15, 0.2) is 0 Å². The second kappa shape index (κ2) is 5.52. The van der Waals surface area contributed by atoms with Gasteiger partial charge in [0.2, 0.25) is 5.95 Å². The molecule has 1 fully saturated rings. The lowest BCUT2D eigenvalue weighted by atomic mass is 10.2. The van der Waals surface area contributed by atoms with Gasteiger partial charge in [0, 0.05) is 25.3 Å². The van der Waals surface area contributed by atoms with E-state index in [2.05, 4.69) is 15.3 Å². The van der Waals surface area contributed by atoms with E-state index in [4.69, 9.17) is 10.5 Å². The van der Waals surface area contributed by atoms with Crippen LogP contribution in [0.3, 0.4) is 0 Å². The van der Waals surface area contributed by atoms with Gasteiger partial charge in [-0.15, -0.1) is 0 Å². The summed E-state index contributed by atoms with van der Waals surface area (Å²) >= 11 is 0. The Bertz CT molecular complexity index is 486. The maximum Gasteiger partial charge on any atom is 0.410 e. The van der Waals surface area contributed by atoms with Crippen molar-refractivity contribution in [3.05, 3.63) is 12.3 Å². The molecule has 2 heterocycles. The molecule has 20 heavy (non-hydrogen) atoms. The predicted octanol–water partition coefficient (Wildman–Crippen LogP) is 1.48. The van der Waals surface area contributed by atoms with Crippen molar-refractivity contribution in [2.24, 2.45) is 0 Å². The number of hydrogen-bond acceptors (Lipinski definition) is 6. The van der Waals surface area contributed by atoms with Crippen molar-refractivity contribution < 1.29 is 9.53 Å². The second-order valence-corrected chi connectivity index (χ2v) is 5.86. The molecule has 1 amide bonds. The predicted molar refractivity (Wildman–Crippen MR) is 76.3 cm³/mol. The molecule has 0 radical (unpaired) electrons. The number of anilines is 2. The van der Waals surface area contributed by atoms with Gasteiger partial charge in [-0.3, -0.25) is 0 Å². The van der Waals surface area contributed by atoms with Crippen molar-refractivity contribution in [2.75, 3.05) is 24.1 Å². The van der Waals surface area contributed by atoms with Crippen LogP contribution in [0.15, 0.2) is 12.3 Å². The van der Waals surface area contributed by atoms with Gasteiger partial charge in [0.1, 0.15) is 11.4 Å².